The van der Waals surface area contributed by atoms with Crippen LogP contribution in [0.1, 0.15) is 32.8 Å². The van der Waals surface area contributed by atoms with E-state index in [0.29, 0.717) is 11.3 Å². The van der Waals surface area contributed by atoms with Gasteiger partial charge >= 0.3 is 6.09 Å². The van der Waals surface area contributed by atoms with Crippen LogP contribution in [0.4, 0.5) is 25.0 Å². The Kier molecular flexibility index (Phi) is 6.00. The molecule has 7 nitrogen and oxygen atoms in total. The largest absolute Gasteiger partial charge is 0.444 e. The standard InChI is InChI=1S/C21H21F2N3O4/c1-21(2,3)29-20(28)25-15-8-7-14(23)10-17(15)24-19(27)18-11-16(26-30-18)12-5-4-6-13(22)9-12/h4-10,18H,11H2,1-3H3,(H,24,27)(H,25,28). The molecule has 0 fully saturated rings. The fraction of sp³-hybridized carbons (Fsp3) is 0.286. The Balaban J connectivity index is 1.68. The van der Waals surface area contributed by atoms with Crippen molar-refractivity contribution in [2.45, 2.75) is 38.9 Å². The molecule has 1 aliphatic heterocycles. The number of carbonyl (C=O) groups excluding carboxylic acids is 2. The van der Waals surface area contributed by atoms with E-state index in [1.165, 1.54) is 24.3 Å². The van der Waals surface area contributed by atoms with Crippen LogP contribution in [0.3, 0.4) is 0 Å². The average Bonchev–Trinajstić information content (AvgIpc) is 3.13. The molecule has 3 rings (SSSR count). The molecule has 0 aromatic heterocycles. The number of anilines is 2. The summed E-state index contributed by atoms with van der Waals surface area (Å²) in [6.07, 6.45) is -1.63. The molecule has 0 radical (unpaired) electrons. The molecular formula is C21H21F2N3O4. The number of benzene rings is 2. The van der Waals surface area contributed by atoms with E-state index in [1.54, 1.807) is 26.8 Å². The van der Waals surface area contributed by atoms with Gasteiger partial charge in [-0.2, -0.15) is 0 Å². The molecule has 158 valence electrons. The van der Waals surface area contributed by atoms with Crippen molar-refractivity contribution in [3.63, 3.8) is 0 Å². The summed E-state index contributed by atoms with van der Waals surface area (Å²) >= 11 is 0. The van der Waals surface area contributed by atoms with Gasteiger partial charge in [-0.15, -0.1) is 0 Å². The highest BCUT2D eigenvalue weighted by Gasteiger charge is 2.30. The van der Waals surface area contributed by atoms with Crippen LogP contribution in [-0.2, 0) is 14.4 Å². The second-order valence-corrected chi connectivity index (χ2v) is 7.65. The molecule has 2 aromatic carbocycles. The Hall–Kier alpha value is -3.49. The van der Waals surface area contributed by atoms with Crippen molar-refractivity contribution in [2.24, 2.45) is 5.16 Å². The maximum Gasteiger partial charge on any atom is 0.412 e. The molecule has 9 heteroatoms. The zero-order valence-corrected chi connectivity index (χ0v) is 16.7. The van der Waals surface area contributed by atoms with Crippen molar-refractivity contribution >= 4 is 29.1 Å². The monoisotopic (exact) mass is 417 g/mol. The van der Waals surface area contributed by atoms with Crippen molar-refractivity contribution in [1.82, 2.24) is 0 Å². The first-order chi connectivity index (χ1) is 14.1. The van der Waals surface area contributed by atoms with Gasteiger partial charge in [0.25, 0.3) is 5.91 Å². The smallest absolute Gasteiger partial charge is 0.412 e. The van der Waals surface area contributed by atoms with E-state index in [0.717, 1.165) is 12.1 Å². The summed E-state index contributed by atoms with van der Waals surface area (Å²) in [7, 11) is 0. The normalized spacial score (nSPS) is 15.8. The van der Waals surface area contributed by atoms with Gasteiger partial charge in [0.05, 0.1) is 17.1 Å². The highest BCUT2D eigenvalue weighted by Crippen LogP contribution is 2.25. The predicted octanol–water partition coefficient (Wildman–Crippen LogP) is 4.44. The summed E-state index contributed by atoms with van der Waals surface area (Å²) in [6.45, 7) is 5.11. The van der Waals surface area contributed by atoms with E-state index in [1.807, 2.05) is 0 Å². The van der Waals surface area contributed by atoms with E-state index < -0.39 is 35.3 Å². The van der Waals surface area contributed by atoms with Gasteiger partial charge in [0.1, 0.15) is 17.2 Å². The topological polar surface area (TPSA) is 89.0 Å². The van der Waals surface area contributed by atoms with Crippen LogP contribution in [0.15, 0.2) is 47.6 Å². The Labute approximate surface area is 172 Å². The summed E-state index contributed by atoms with van der Waals surface area (Å²) in [5.74, 6) is -1.63. The molecule has 1 atom stereocenters. The quantitative estimate of drug-likeness (QED) is 0.770. The third kappa shape index (κ3) is 5.53. The van der Waals surface area contributed by atoms with Crippen LogP contribution >= 0.6 is 0 Å². The molecule has 1 aliphatic rings. The van der Waals surface area contributed by atoms with Crippen LogP contribution in [0, 0.1) is 11.6 Å². The summed E-state index contributed by atoms with van der Waals surface area (Å²) in [5.41, 5.74) is 0.386. The van der Waals surface area contributed by atoms with Gasteiger partial charge in [-0.05, 0) is 51.1 Å². The lowest BCUT2D eigenvalue weighted by molar-refractivity contribution is -0.125. The number of carbonyl (C=O) groups is 2. The second kappa shape index (κ2) is 8.48. The van der Waals surface area contributed by atoms with Gasteiger partial charge in [0.2, 0.25) is 6.10 Å². The van der Waals surface area contributed by atoms with Crippen molar-refractivity contribution < 1.29 is 27.9 Å². The third-order valence-corrected chi connectivity index (χ3v) is 3.99. The van der Waals surface area contributed by atoms with Crippen LogP contribution in [-0.4, -0.2) is 29.4 Å². The van der Waals surface area contributed by atoms with Gasteiger partial charge in [-0.25, -0.2) is 13.6 Å². The molecule has 2 N–H and O–H groups in total. The number of hydrogen-bond acceptors (Lipinski definition) is 5. The van der Waals surface area contributed by atoms with Crippen LogP contribution in [0.2, 0.25) is 0 Å². The molecule has 0 saturated heterocycles. The predicted molar refractivity (Wildman–Crippen MR) is 107 cm³/mol. The van der Waals surface area contributed by atoms with Crippen LogP contribution < -0.4 is 10.6 Å². The molecule has 0 bridgehead atoms. The van der Waals surface area contributed by atoms with Gasteiger partial charge in [0, 0.05) is 12.0 Å². The number of nitrogens with one attached hydrogen (secondary N) is 2. The first kappa shape index (κ1) is 21.2. The highest BCUT2D eigenvalue weighted by molar-refractivity contribution is 6.07. The van der Waals surface area contributed by atoms with E-state index in [-0.39, 0.29) is 17.8 Å². The Morgan fingerprint density at radius 3 is 2.50 bits per heavy atom. The fourth-order valence-electron chi connectivity index (χ4n) is 2.71. The Morgan fingerprint density at radius 2 is 1.80 bits per heavy atom. The molecule has 1 unspecified atom stereocenters. The van der Waals surface area contributed by atoms with Crippen molar-refractivity contribution in [3.05, 3.63) is 59.7 Å². The first-order valence-electron chi connectivity index (χ1n) is 9.20. The zero-order valence-electron chi connectivity index (χ0n) is 16.7. The van der Waals surface area contributed by atoms with Gasteiger partial charge in [-0.3, -0.25) is 10.1 Å². The highest BCUT2D eigenvalue weighted by atomic mass is 19.1. The molecule has 2 aromatic rings. The molecule has 0 spiro atoms. The number of ether oxygens (including phenoxy) is 1. The lowest BCUT2D eigenvalue weighted by Gasteiger charge is -2.20. The van der Waals surface area contributed by atoms with Crippen molar-refractivity contribution in [1.29, 1.82) is 0 Å². The number of nitrogens with zero attached hydrogens (tertiary/aromatic N) is 1. The van der Waals surface area contributed by atoms with E-state index >= 15 is 0 Å². The summed E-state index contributed by atoms with van der Waals surface area (Å²) in [4.78, 5) is 29.8. The number of amides is 2. The van der Waals surface area contributed by atoms with E-state index in [4.69, 9.17) is 9.57 Å². The van der Waals surface area contributed by atoms with Gasteiger partial charge in [0.15, 0.2) is 0 Å². The molecular weight excluding hydrogens is 396 g/mol. The molecule has 1 heterocycles. The number of rotatable bonds is 4. The molecule has 0 aliphatic carbocycles. The zero-order chi connectivity index (χ0) is 21.9. The number of oxime groups is 1. The van der Waals surface area contributed by atoms with Crippen LogP contribution in [0.5, 0.6) is 0 Å². The summed E-state index contributed by atoms with van der Waals surface area (Å²) in [5, 5.41) is 8.85. The van der Waals surface area contributed by atoms with Gasteiger partial charge in [-0.1, -0.05) is 17.3 Å². The minimum absolute atomic E-state index is 0.0358. The Morgan fingerprint density at radius 1 is 1.07 bits per heavy atom. The third-order valence-electron chi connectivity index (χ3n) is 3.99. The minimum Gasteiger partial charge on any atom is -0.444 e. The SMILES string of the molecule is CC(C)(C)OC(=O)Nc1ccc(F)cc1NC(=O)C1CC(c2cccc(F)c2)=NO1. The fourth-order valence-corrected chi connectivity index (χ4v) is 2.71. The lowest BCUT2D eigenvalue weighted by atomic mass is 10.0. The van der Waals surface area contributed by atoms with Gasteiger partial charge < -0.3 is 14.9 Å². The second-order valence-electron chi connectivity index (χ2n) is 7.65. The van der Waals surface area contributed by atoms with E-state index in [9.17, 15) is 18.4 Å². The summed E-state index contributed by atoms with van der Waals surface area (Å²) in [6, 6.07) is 9.28. The van der Waals surface area contributed by atoms with Crippen LogP contribution in [0.25, 0.3) is 0 Å². The first-order valence-corrected chi connectivity index (χ1v) is 9.20. The maximum absolute atomic E-state index is 13.7. The average molecular weight is 417 g/mol. The van der Waals surface area contributed by atoms with Crippen molar-refractivity contribution in [2.75, 3.05) is 10.6 Å². The van der Waals surface area contributed by atoms with Crippen molar-refractivity contribution in [3.8, 4) is 0 Å². The molecule has 30 heavy (non-hydrogen) atoms. The number of hydrogen-bond donors (Lipinski definition) is 2. The van der Waals surface area contributed by atoms with E-state index in [2.05, 4.69) is 15.8 Å². The summed E-state index contributed by atoms with van der Waals surface area (Å²) < 4.78 is 32.3. The minimum atomic E-state index is -0.985. The lowest BCUT2D eigenvalue weighted by Crippen LogP contribution is -2.30. The number of halogens is 2. The maximum atomic E-state index is 13.7. The molecule has 2 amide bonds. The molecule has 0 saturated carbocycles. The Bertz CT molecular complexity index is 1000.